The summed E-state index contributed by atoms with van der Waals surface area (Å²) in [5.74, 6) is 0.0812. The van der Waals surface area contributed by atoms with Crippen molar-refractivity contribution in [3.63, 3.8) is 0 Å². The van der Waals surface area contributed by atoms with Crippen molar-refractivity contribution in [2.24, 2.45) is 0 Å². The predicted octanol–water partition coefficient (Wildman–Crippen LogP) is 2.40. The number of carboxylic acids is 1. The molecule has 1 aromatic rings. The monoisotopic (exact) mass is 305 g/mol. The Morgan fingerprint density at radius 3 is 2.71 bits per heavy atom. The zero-order chi connectivity index (χ0) is 15.0. The molecule has 112 valence electrons. The van der Waals surface area contributed by atoms with Gasteiger partial charge in [0.05, 0.1) is 11.3 Å². The first-order valence-electron chi connectivity index (χ1n) is 7.23. The van der Waals surface area contributed by atoms with Crippen molar-refractivity contribution in [1.29, 1.82) is 0 Å². The van der Waals surface area contributed by atoms with Crippen molar-refractivity contribution in [3.05, 3.63) is 35.4 Å². The molecule has 0 bridgehead atoms. The van der Waals surface area contributed by atoms with E-state index in [0.717, 1.165) is 30.4 Å². The minimum Gasteiger partial charge on any atom is -0.480 e. The molecule has 5 heteroatoms. The van der Waals surface area contributed by atoms with Crippen LogP contribution in [0.4, 0.5) is 0 Å². The maximum absolute atomic E-state index is 13.0. The highest BCUT2D eigenvalue weighted by Gasteiger charge is 2.50. The molecule has 3 rings (SSSR count). The number of thioether (sulfide) groups is 1. The highest BCUT2D eigenvalue weighted by Crippen LogP contribution is 2.46. The number of amides is 1. The van der Waals surface area contributed by atoms with Crippen LogP contribution in [0.5, 0.6) is 0 Å². The quantitative estimate of drug-likeness (QED) is 0.931. The van der Waals surface area contributed by atoms with E-state index in [9.17, 15) is 14.7 Å². The van der Waals surface area contributed by atoms with Crippen LogP contribution in [-0.4, -0.2) is 39.6 Å². The fourth-order valence-corrected chi connectivity index (χ4v) is 4.37. The van der Waals surface area contributed by atoms with Crippen molar-refractivity contribution in [1.82, 2.24) is 4.90 Å². The van der Waals surface area contributed by atoms with Gasteiger partial charge in [-0.2, -0.15) is 0 Å². The van der Waals surface area contributed by atoms with Gasteiger partial charge in [0, 0.05) is 5.75 Å². The number of aliphatic carboxylic acids is 1. The normalized spacial score (nSPS) is 23.7. The molecule has 1 N–H and O–H groups in total. The Balaban J connectivity index is 1.92. The number of carboxylic acid groups (broad SMARTS) is 1. The zero-order valence-corrected chi connectivity index (χ0v) is 12.9. The van der Waals surface area contributed by atoms with E-state index in [2.05, 4.69) is 6.07 Å². The lowest BCUT2D eigenvalue weighted by atomic mass is 9.63. The maximum Gasteiger partial charge on any atom is 0.327 e. The molecule has 0 unspecified atom stereocenters. The molecule has 21 heavy (non-hydrogen) atoms. The first-order valence-corrected chi connectivity index (χ1v) is 8.39. The highest BCUT2D eigenvalue weighted by molar-refractivity contribution is 7.99. The molecule has 2 fully saturated rings. The summed E-state index contributed by atoms with van der Waals surface area (Å²) in [6.45, 7) is 2.02. The fourth-order valence-electron chi connectivity index (χ4n) is 3.22. The molecule has 1 aliphatic carbocycles. The van der Waals surface area contributed by atoms with Crippen molar-refractivity contribution < 1.29 is 14.7 Å². The predicted molar refractivity (Wildman–Crippen MR) is 82.3 cm³/mol. The van der Waals surface area contributed by atoms with Gasteiger partial charge >= 0.3 is 5.97 Å². The summed E-state index contributed by atoms with van der Waals surface area (Å²) in [6, 6.07) is 7.39. The van der Waals surface area contributed by atoms with E-state index in [1.807, 2.05) is 25.1 Å². The molecule has 1 aliphatic heterocycles. The van der Waals surface area contributed by atoms with Gasteiger partial charge in [0.25, 0.3) is 0 Å². The Labute approximate surface area is 128 Å². The van der Waals surface area contributed by atoms with E-state index in [4.69, 9.17) is 0 Å². The summed E-state index contributed by atoms with van der Waals surface area (Å²) in [5.41, 5.74) is 1.68. The molecular weight excluding hydrogens is 286 g/mol. The number of nitrogens with zero attached hydrogens (tertiary/aromatic N) is 1. The standard InChI is InChI=1S/C16H19NO3S/c1-11-4-2-5-12(8-11)16(6-3-7-16)15(20)17-10-21-9-13(17)14(18)19/h2,4-5,8,13H,3,6-7,9-10H2,1H3,(H,18,19)/t13-/m0/s1. The van der Waals surface area contributed by atoms with E-state index in [-0.39, 0.29) is 5.91 Å². The summed E-state index contributed by atoms with van der Waals surface area (Å²) in [5, 5.41) is 9.30. The van der Waals surface area contributed by atoms with Crippen LogP contribution in [0.25, 0.3) is 0 Å². The zero-order valence-electron chi connectivity index (χ0n) is 12.0. The second-order valence-corrected chi connectivity index (χ2v) is 6.93. The van der Waals surface area contributed by atoms with Crippen molar-refractivity contribution in [2.45, 2.75) is 37.6 Å². The van der Waals surface area contributed by atoms with Crippen LogP contribution in [0, 0.1) is 6.92 Å². The number of hydrogen-bond acceptors (Lipinski definition) is 3. The third kappa shape index (κ3) is 2.33. The Kier molecular flexibility index (Phi) is 3.69. The summed E-state index contributed by atoms with van der Waals surface area (Å²) >= 11 is 1.52. The molecule has 1 aromatic carbocycles. The lowest BCUT2D eigenvalue weighted by Crippen LogP contribution is -2.54. The summed E-state index contributed by atoms with van der Waals surface area (Å²) < 4.78 is 0. The molecule has 0 spiro atoms. The number of carbonyl (C=O) groups is 2. The first kappa shape index (κ1) is 14.4. The van der Waals surface area contributed by atoms with Gasteiger partial charge in [-0.15, -0.1) is 11.8 Å². The van der Waals surface area contributed by atoms with Gasteiger partial charge < -0.3 is 10.0 Å². The summed E-state index contributed by atoms with van der Waals surface area (Å²) in [7, 11) is 0. The Hall–Kier alpha value is -1.49. The van der Waals surface area contributed by atoms with Gasteiger partial charge in [-0.25, -0.2) is 4.79 Å². The van der Waals surface area contributed by atoms with Gasteiger partial charge in [-0.3, -0.25) is 4.79 Å². The Bertz CT molecular complexity index is 583. The second-order valence-electron chi connectivity index (χ2n) is 5.93. The van der Waals surface area contributed by atoms with Crippen LogP contribution in [0.15, 0.2) is 24.3 Å². The van der Waals surface area contributed by atoms with Gasteiger partial charge in [0.2, 0.25) is 5.91 Å². The third-order valence-electron chi connectivity index (χ3n) is 4.62. The van der Waals surface area contributed by atoms with Crippen LogP contribution in [0.3, 0.4) is 0 Å². The number of benzene rings is 1. The topological polar surface area (TPSA) is 57.6 Å². The SMILES string of the molecule is Cc1cccc(C2(C(=O)N3CSC[C@H]3C(=O)O)CCC2)c1. The summed E-state index contributed by atoms with van der Waals surface area (Å²) in [4.78, 5) is 25.9. The Morgan fingerprint density at radius 1 is 1.38 bits per heavy atom. The molecular formula is C16H19NO3S. The minimum absolute atomic E-state index is 0.00301. The van der Waals surface area contributed by atoms with Gasteiger partial charge in [0.15, 0.2) is 0 Å². The lowest BCUT2D eigenvalue weighted by Gasteiger charge is -2.43. The second kappa shape index (κ2) is 5.37. The maximum atomic E-state index is 13.0. The van der Waals surface area contributed by atoms with E-state index >= 15 is 0 Å². The third-order valence-corrected chi connectivity index (χ3v) is 5.63. The minimum atomic E-state index is -0.896. The number of rotatable bonds is 3. The Morgan fingerprint density at radius 2 is 2.14 bits per heavy atom. The van der Waals surface area contributed by atoms with Crippen molar-refractivity contribution in [2.75, 3.05) is 11.6 Å². The summed E-state index contributed by atoms with van der Waals surface area (Å²) in [6.07, 6.45) is 2.67. The number of hydrogen-bond donors (Lipinski definition) is 1. The highest BCUT2D eigenvalue weighted by atomic mass is 32.2. The van der Waals surface area contributed by atoms with Crippen LogP contribution < -0.4 is 0 Å². The van der Waals surface area contributed by atoms with Crippen molar-refractivity contribution in [3.8, 4) is 0 Å². The fraction of sp³-hybridized carbons (Fsp3) is 0.500. The van der Waals surface area contributed by atoms with Gasteiger partial charge in [-0.1, -0.05) is 36.2 Å². The molecule has 4 nitrogen and oxygen atoms in total. The van der Waals surface area contributed by atoms with E-state index < -0.39 is 17.4 Å². The molecule has 1 atom stereocenters. The van der Waals surface area contributed by atoms with Gasteiger partial charge in [0.1, 0.15) is 6.04 Å². The molecule has 1 amide bonds. The number of aryl methyl sites for hydroxylation is 1. The molecule has 1 saturated carbocycles. The molecule has 1 saturated heterocycles. The molecule has 1 heterocycles. The van der Waals surface area contributed by atoms with E-state index in [1.54, 1.807) is 4.90 Å². The van der Waals surface area contributed by atoms with E-state index in [1.165, 1.54) is 11.8 Å². The molecule has 0 aromatic heterocycles. The number of carbonyl (C=O) groups excluding carboxylic acids is 1. The van der Waals surface area contributed by atoms with Crippen molar-refractivity contribution >= 4 is 23.6 Å². The van der Waals surface area contributed by atoms with Crippen LogP contribution in [-0.2, 0) is 15.0 Å². The van der Waals surface area contributed by atoms with Crippen LogP contribution in [0.2, 0.25) is 0 Å². The smallest absolute Gasteiger partial charge is 0.327 e. The van der Waals surface area contributed by atoms with E-state index in [0.29, 0.717) is 11.6 Å². The molecule has 2 aliphatic rings. The largest absolute Gasteiger partial charge is 0.480 e. The first-order chi connectivity index (χ1) is 10.0. The lowest BCUT2D eigenvalue weighted by molar-refractivity contribution is -0.152. The van der Waals surface area contributed by atoms with Gasteiger partial charge in [-0.05, 0) is 25.3 Å². The average molecular weight is 305 g/mol. The van der Waals surface area contributed by atoms with Crippen LogP contribution in [0.1, 0.15) is 30.4 Å². The molecule has 0 radical (unpaired) electrons. The van der Waals surface area contributed by atoms with Crippen LogP contribution >= 0.6 is 11.8 Å². The average Bonchev–Trinajstić information content (AvgIpc) is 2.86.